The van der Waals surface area contributed by atoms with Gasteiger partial charge in [0.25, 0.3) is 0 Å². The van der Waals surface area contributed by atoms with E-state index in [9.17, 15) is 4.79 Å². The van der Waals surface area contributed by atoms with Crippen molar-refractivity contribution in [2.24, 2.45) is 0 Å². The predicted octanol–water partition coefficient (Wildman–Crippen LogP) is 3.60. The molecule has 0 amide bonds. The lowest BCUT2D eigenvalue weighted by molar-refractivity contribution is 0.101. The van der Waals surface area contributed by atoms with E-state index < -0.39 is 0 Å². The summed E-state index contributed by atoms with van der Waals surface area (Å²) in [4.78, 5) is 12.0. The smallest absolute Gasteiger partial charge is 0.184 e. The molecule has 0 spiro atoms. The number of nitrogens with one attached hydrogen (secondary N) is 1. The van der Waals surface area contributed by atoms with Crippen LogP contribution in [0.5, 0.6) is 0 Å². The Labute approximate surface area is 104 Å². The van der Waals surface area contributed by atoms with Crippen molar-refractivity contribution in [3.63, 3.8) is 0 Å². The molecule has 0 bridgehead atoms. The minimum absolute atomic E-state index is 0.186. The summed E-state index contributed by atoms with van der Waals surface area (Å²) in [7, 11) is 0. The van der Waals surface area contributed by atoms with Gasteiger partial charge in [-0.2, -0.15) is 0 Å². The first kappa shape index (κ1) is 9.66. The second-order valence-electron chi connectivity index (χ2n) is 4.69. The highest BCUT2D eigenvalue weighted by Crippen LogP contribution is 2.32. The molecule has 4 rings (SSSR count). The molecule has 3 aromatic carbocycles. The summed E-state index contributed by atoms with van der Waals surface area (Å²) in [6.07, 6.45) is 0. The maximum absolute atomic E-state index is 12.0. The number of hydrogen-bond donors (Lipinski definition) is 1. The molecule has 1 N–H and O–H groups in total. The van der Waals surface area contributed by atoms with Crippen LogP contribution in [-0.2, 0) is 0 Å². The maximum atomic E-state index is 12.0. The summed E-state index contributed by atoms with van der Waals surface area (Å²) in [5.74, 6) is 0.186. The Bertz CT molecular complexity index is 805. The Kier molecular flexibility index (Phi) is 1.78. The molecule has 0 saturated carbocycles. The number of ketones is 1. The first-order valence-corrected chi connectivity index (χ1v) is 6.05. The Morgan fingerprint density at radius 3 is 2.50 bits per heavy atom. The van der Waals surface area contributed by atoms with Crippen LogP contribution in [0.2, 0.25) is 0 Å². The van der Waals surface area contributed by atoms with E-state index in [-0.39, 0.29) is 5.78 Å². The van der Waals surface area contributed by atoms with Crippen molar-refractivity contribution >= 4 is 33.0 Å². The largest absolute Gasteiger partial charge is 0.377 e. The number of Topliss-reactive ketones (excluding diaryl/α,β-unsaturated/α-hetero) is 1. The molecule has 86 valence electrons. The number of carbonyl (C=O) groups is 1. The van der Waals surface area contributed by atoms with Gasteiger partial charge in [-0.1, -0.05) is 30.3 Å². The van der Waals surface area contributed by atoms with E-state index in [0.29, 0.717) is 6.54 Å². The van der Waals surface area contributed by atoms with Crippen molar-refractivity contribution in [3.8, 4) is 0 Å². The highest BCUT2D eigenvalue weighted by Gasteiger charge is 2.21. The monoisotopic (exact) mass is 233 g/mol. The summed E-state index contributed by atoms with van der Waals surface area (Å²) in [6, 6.07) is 16.6. The van der Waals surface area contributed by atoms with Crippen LogP contribution in [-0.4, -0.2) is 12.3 Å². The van der Waals surface area contributed by atoms with Gasteiger partial charge in [-0.25, -0.2) is 0 Å². The van der Waals surface area contributed by atoms with Gasteiger partial charge in [0, 0.05) is 5.69 Å². The topological polar surface area (TPSA) is 29.1 Å². The van der Waals surface area contributed by atoms with Crippen LogP contribution in [0.15, 0.2) is 48.5 Å². The van der Waals surface area contributed by atoms with Gasteiger partial charge in [0.15, 0.2) is 5.78 Å². The molecule has 0 atom stereocenters. The van der Waals surface area contributed by atoms with Crippen molar-refractivity contribution in [2.75, 3.05) is 11.9 Å². The zero-order valence-corrected chi connectivity index (χ0v) is 9.73. The molecule has 2 heteroatoms. The maximum Gasteiger partial charge on any atom is 0.184 e. The first-order valence-electron chi connectivity index (χ1n) is 6.05. The molecule has 0 aromatic heterocycles. The van der Waals surface area contributed by atoms with Crippen molar-refractivity contribution in [1.82, 2.24) is 0 Å². The van der Waals surface area contributed by atoms with Gasteiger partial charge in [-0.15, -0.1) is 0 Å². The standard InChI is InChI=1S/C16H11NO/c18-15-9-17-14-6-5-12-7-10-3-1-2-4-11(10)8-13(12)16(14)15/h1-8,17H,9H2. The molecular weight excluding hydrogens is 222 g/mol. The summed E-state index contributed by atoms with van der Waals surface area (Å²) in [5.41, 5.74) is 1.81. The van der Waals surface area contributed by atoms with E-state index in [2.05, 4.69) is 35.6 Å². The van der Waals surface area contributed by atoms with Gasteiger partial charge in [0.1, 0.15) is 0 Å². The molecule has 2 nitrogen and oxygen atoms in total. The first-order chi connectivity index (χ1) is 8.83. The molecule has 1 aliphatic rings. The molecule has 1 aliphatic heterocycles. The minimum atomic E-state index is 0.186. The van der Waals surface area contributed by atoms with Gasteiger partial charge in [0.2, 0.25) is 0 Å². The molecule has 0 unspecified atom stereocenters. The molecule has 0 aliphatic carbocycles. The molecule has 3 aromatic rings. The van der Waals surface area contributed by atoms with Crippen LogP contribution in [0.3, 0.4) is 0 Å². The molecule has 18 heavy (non-hydrogen) atoms. The lowest BCUT2D eigenvalue weighted by atomic mass is 9.98. The van der Waals surface area contributed by atoms with Gasteiger partial charge < -0.3 is 5.32 Å². The minimum Gasteiger partial charge on any atom is -0.377 e. The van der Waals surface area contributed by atoms with Gasteiger partial charge in [-0.3, -0.25) is 4.79 Å². The van der Waals surface area contributed by atoms with Crippen molar-refractivity contribution in [3.05, 3.63) is 54.1 Å². The van der Waals surface area contributed by atoms with Gasteiger partial charge in [0.05, 0.1) is 12.1 Å². The van der Waals surface area contributed by atoms with Crippen LogP contribution in [0.4, 0.5) is 5.69 Å². The van der Waals surface area contributed by atoms with Crippen LogP contribution in [0.25, 0.3) is 21.5 Å². The third-order valence-electron chi connectivity index (χ3n) is 3.60. The zero-order valence-electron chi connectivity index (χ0n) is 9.73. The van der Waals surface area contributed by atoms with E-state index in [1.807, 2.05) is 18.2 Å². The Morgan fingerprint density at radius 1 is 0.889 bits per heavy atom. The number of carbonyl (C=O) groups excluding carboxylic acids is 1. The molecule has 0 saturated heterocycles. The van der Waals surface area contributed by atoms with Crippen LogP contribution in [0, 0.1) is 0 Å². The second-order valence-corrected chi connectivity index (χ2v) is 4.69. The lowest BCUT2D eigenvalue weighted by Gasteiger charge is -2.06. The summed E-state index contributed by atoms with van der Waals surface area (Å²) in [5, 5.41) is 7.72. The average Bonchev–Trinajstić information content (AvgIpc) is 2.78. The van der Waals surface area contributed by atoms with E-state index in [4.69, 9.17) is 0 Å². The zero-order chi connectivity index (χ0) is 12.1. The summed E-state index contributed by atoms with van der Waals surface area (Å²) in [6.45, 7) is 0.418. The van der Waals surface area contributed by atoms with E-state index in [0.717, 1.165) is 22.0 Å². The highest BCUT2D eigenvalue weighted by atomic mass is 16.1. The van der Waals surface area contributed by atoms with E-state index >= 15 is 0 Å². The summed E-state index contributed by atoms with van der Waals surface area (Å²) < 4.78 is 0. The fraction of sp³-hybridized carbons (Fsp3) is 0.0625. The van der Waals surface area contributed by atoms with E-state index in [1.54, 1.807) is 0 Å². The number of benzene rings is 3. The SMILES string of the molecule is O=C1CNc2ccc3cc4ccccc4cc3c21. The molecule has 0 radical (unpaired) electrons. The second kappa shape index (κ2) is 3.33. The summed E-state index contributed by atoms with van der Waals surface area (Å²) >= 11 is 0. The van der Waals surface area contributed by atoms with Crippen LogP contribution in [0.1, 0.15) is 10.4 Å². The van der Waals surface area contributed by atoms with Crippen molar-refractivity contribution < 1.29 is 4.79 Å². The Hall–Kier alpha value is -2.35. The normalized spacial score (nSPS) is 13.9. The number of hydrogen-bond acceptors (Lipinski definition) is 2. The van der Waals surface area contributed by atoms with Crippen LogP contribution < -0.4 is 5.32 Å². The quantitative estimate of drug-likeness (QED) is 0.601. The predicted molar refractivity (Wildman–Crippen MR) is 74.3 cm³/mol. The molecule has 0 fully saturated rings. The fourth-order valence-corrected chi connectivity index (χ4v) is 2.73. The van der Waals surface area contributed by atoms with E-state index in [1.165, 1.54) is 10.8 Å². The van der Waals surface area contributed by atoms with Gasteiger partial charge >= 0.3 is 0 Å². The van der Waals surface area contributed by atoms with Gasteiger partial charge in [-0.05, 0) is 39.7 Å². The Balaban J connectivity index is 2.19. The van der Waals surface area contributed by atoms with Crippen LogP contribution >= 0.6 is 0 Å². The number of rotatable bonds is 0. The molecular formula is C16H11NO. The number of fused-ring (bicyclic) bond motifs is 4. The third kappa shape index (κ3) is 1.20. The number of anilines is 1. The Morgan fingerprint density at radius 2 is 1.67 bits per heavy atom. The lowest BCUT2D eigenvalue weighted by Crippen LogP contribution is -2.01. The molecule has 1 heterocycles. The highest BCUT2D eigenvalue weighted by molar-refractivity contribution is 6.19. The fourth-order valence-electron chi connectivity index (χ4n) is 2.73. The van der Waals surface area contributed by atoms with Crippen molar-refractivity contribution in [1.29, 1.82) is 0 Å². The van der Waals surface area contributed by atoms with Crippen molar-refractivity contribution in [2.45, 2.75) is 0 Å². The average molecular weight is 233 g/mol. The third-order valence-corrected chi connectivity index (χ3v) is 3.60.